The molecule has 0 aliphatic carbocycles. The summed E-state index contributed by atoms with van der Waals surface area (Å²) in [5.74, 6) is -1.23. The van der Waals surface area contributed by atoms with E-state index in [0.29, 0.717) is 0 Å². The molecule has 0 aromatic heterocycles. The van der Waals surface area contributed by atoms with Crippen LogP contribution in [-0.4, -0.2) is 49.1 Å². The van der Waals surface area contributed by atoms with E-state index in [1.807, 2.05) is 0 Å². The molecule has 3 N–H and O–H groups in total. The molecule has 1 atom stereocenters. The van der Waals surface area contributed by atoms with Gasteiger partial charge in [0.1, 0.15) is 12.6 Å². The number of ether oxygens (including phenoxy) is 1. The third kappa shape index (κ3) is 9.89. The van der Waals surface area contributed by atoms with Crippen molar-refractivity contribution in [3.05, 3.63) is 12.7 Å². The lowest BCUT2D eigenvalue weighted by molar-refractivity contribution is -0.173. The van der Waals surface area contributed by atoms with Gasteiger partial charge in [-0.3, -0.25) is 0 Å². The lowest BCUT2D eigenvalue weighted by Gasteiger charge is -2.13. The molecule has 0 heterocycles. The normalized spacial score (nSPS) is 12.6. The van der Waals surface area contributed by atoms with E-state index in [1.165, 1.54) is 6.08 Å². The van der Waals surface area contributed by atoms with Crippen molar-refractivity contribution in [2.45, 2.75) is 18.6 Å². The van der Waals surface area contributed by atoms with Crippen LogP contribution >= 0.6 is 0 Å². The van der Waals surface area contributed by atoms with E-state index in [-0.39, 0.29) is 19.6 Å². The van der Waals surface area contributed by atoms with Gasteiger partial charge in [0, 0.05) is 6.54 Å². The topological polar surface area (TPSA) is 87.7 Å². The highest BCUT2D eigenvalue weighted by Gasteiger charge is 2.27. The van der Waals surface area contributed by atoms with Gasteiger partial charge in [0.2, 0.25) is 0 Å². The van der Waals surface area contributed by atoms with E-state index in [9.17, 15) is 22.8 Å². The van der Waals surface area contributed by atoms with E-state index in [2.05, 4.69) is 21.9 Å². The van der Waals surface area contributed by atoms with Gasteiger partial charge in [0.05, 0.1) is 6.61 Å². The van der Waals surface area contributed by atoms with Crippen LogP contribution in [0, 0.1) is 0 Å². The summed E-state index contributed by atoms with van der Waals surface area (Å²) < 4.78 is 39.3. The minimum absolute atomic E-state index is 0.0350. The highest BCUT2D eigenvalue weighted by atomic mass is 19.4. The smallest absolute Gasteiger partial charge is 0.411 e. The van der Waals surface area contributed by atoms with Crippen molar-refractivity contribution in [1.29, 1.82) is 0 Å². The van der Waals surface area contributed by atoms with Crippen LogP contribution in [0.1, 0.15) is 6.42 Å². The highest BCUT2D eigenvalue weighted by Crippen LogP contribution is 2.13. The molecule has 0 fully saturated rings. The zero-order valence-corrected chi connectivity index (χ0v) is 10.00. The van der Waals surface area contributed by atoms with Gasteiger partial charge in [-0.25, -0.2) is 9.59 Å². The molecule has 0 radical (unpaired) electrons. The molecule has 0 bridgehead atoms. The zero-order chi connectivity index (χ0) is 14.9. The lowest BCUT2D eigenvalue weighted by atomic mass is 10.2. The average molecular weight is 284 g/mol. The molecule has 1 unspecified atom stereocenters. The second-order valence-corrected chi connectivity index (χ2v) is 3.48. The first-order valence-electron chi connectivity index (χ1n) is 5.29. The summed E-state index contributed by atoms with van der Waals surface area (Å²) in [4.78, 5) is 21.9. The second kappa shape index (κ2) is 8.35. The van der Waals surface area contributed by atoms with Gasteiger partial charge in [0.25, 0.3) is 0 Å². The minimum atomic E-state index is -4.42. The quantitative estimate of drug-likeness (QED) is 0.456. The first-order chi connectivity index (χ1) is 8.76. The number of amides is 2. The Morgan fingerprint density at radius 1 is 1.42 bits per heavy atom. The Kier molecular flexibility index (Phi) is 7.57. The lowest BCUT2D eigenvalue weighted by Crippen LogP contribution is -2.46. The van der Waals surface area contributed by atoms with Gasteiger partial charge < -0.3 is 20.5 Å². The van der Waals surface area contributed by atoms with Crippen LogP contribution in [-0.2, 0) is 9.53 Å². The highest BCUT2D eigenvalue weighted by molar-refractivity contribution is 5.82. The Balaban J connectivity index is 3.80. The summed E-state index contributed by atoms with van der Waals surface area (Å²) >= 11 is 0. The number of carbonyl (C=O) groups excluding carboxylic acids is 1. The zero-order valence-electron chi connectivity index (χ0n) is 10.00. The van der Waals surface area contributed by atoms with Crippen LogP contribution in [0.3, 0.4) is 0 Å². The third-order valence-corrected chi connectivity index (χ3v) is 1.80. The molecule has 6 nitrogen and oxygen atoms in total. The molecule has 0 aliphatic rings. The number of nitrogens with one attached hydrogen (secondary N) is 2. The molecule has 0 spiro atoms. The van der Waals surface area contributed by atoms with Gasteiger partial charge in [-0.05, 0) is 6.42 Å². The molecule has 9 heteroatoms. The Morgan fingerprint density at radius 3 is 2.53 bits per heavy atom. The standard InChI is InChI=1S/C10H15F3N2O4/c1-2-3-7(8(16)17)15-9(18)14-4-5-19-6-10(11,12)13/h2,7H,1,3-6H2,(H,16,17)(H2,14,15,18). The predicted octanol–water partition coefficient (Wildman–Crippen LogP) is 0.894. The fraction of sp³-hybridized carbons (Fsp3) is 0.600. The van der Waals surface area contributed by atoms with E-state index in [4.69, 9.17) is 5.11 Å². The van der Waals surface area contributed by atoms with Crippen molar-refractivity contribution in [1.82, 2.24) is 10.6 Å². The van der Waals surface area contributed by atoms with Gasteiger partial charge in [-0.1, -0.05) is 6.08 Å². The number of carbonyl (C=O) groups is 2. The first kappa shape index (κ1) is 17.2. The molecule has 2 amide bonds. The fourth-order valence-electron chi connectivity index (χ4n) is 1.02. The third-order valence-electron chi connectivity index (χ3n) is 1.80. The summed E-state index contributed by atoms with van der Waals surface area (Å²) in [6.07, 6.45) is -3.06. The molecule has 0 aromatic carbocycles. The van der Waals surface area contributed by atoms with Crippen molar-refractivity contribution in [3.63, 3.8) is 0 Å². The molecular weight excluding hydrogens is 269 g/mol. The largest absolute Gasteiger partial charge is 0.480 e. The maximum atomic E-state index is 11.7. The van der Waals surface area contributed by atoms with Crippen molar-refractivity contribution in [2.24, 2.45) is 0 Å². The Morgan fingerprint density at radius 2 is 2.05 bits per heavy atom. The van der Waals surface area contributed by atoms with Crippen molar-refractivity contribution >= 4 is 12.0 Å². The van der Waals surface area contributed by atoms with Crippen LogP contribution < -0.4 is 10.6 Å². The molecule has 0 rings (SSSR count). The maximum absolute atomic E-state index is 11.7. The molecule has 0 saturated heterocycles. The number of hydrogen-bond acceptors (Lipinski definition) is 3. The van der Waals surface area contributed by atoms with E-state index >= 15 is 0 Å². The van der Waals surface area contributed by atoms with Crippen LogP contribution in [0.2, 0.25) is 0 Å². The van der Waals surface area contributed by atoms with Crippen molar-refractivity contribution in [2.75, 3.05) is 19.8 Å². The summed E-state index contributed by atoms with van der Waals surface area (Å²) in [5, 5.41) is 13.0. The Labute approximate surface area is 107 Å². The molecule has 0 aliphatic heterocycles. The molecule has 19 heavy (non-hydrogen) atoms. The minimum Gasteiger partial charge on any atom is -0.480 e. The number of carboxylic acids is 1. The predicted molar refractivity (Wildman–Crippen MR) is 59.6 cm³/mol. The Bertz CT molecular complexity index is 320. The average Bonchev–Trinajstić information content (AvgIpc) is 2.26. The number of carboxylic acid groups (broad SMARTS) is 1. The van der Waals surface area contributed by atoms with Crippen LogP contribution in [0.25, 0.3) is 0 Å². The number of alkyl halides is 3. The van der Waals surface area contributed by atoms with Gasteiger partial charge in [0.15, 0.2) is 0 Å². The summed E-state index contributed by atoms with van der Waals surface area (Å²) in [5.41, 5.74) is 0. The number of halogens is 3. The van der Waals surface area contributed by atoms with Crippen LogP contribution in [0.4, 0.5) is 18.0 Å². The number of aliphatic carboxylic acids is 1. The first-order valence-corrected chi connectivity index (χ1v) is 5.29. The van der Waals surface area contributed by atoms with E-state index in [1.54, 1.807) is 0 Å². The van der Waals surface area contributed by atoms with Crippen LogP contribution in [0.5, 0.6) is 0 Å². The monoisotopic (exact) mass is 284 g/mol. The summed E-state index contributed by atoms with van der Waals surface area (Å²) in [7, 11) is 0. The van der Waals surface area contributed by atoms with Crippen molar-refractivity contribution < 1.29 is 32.6 Å². The van der Waals surface area contributed by atoms with Gasteiger partial charge in [-0.15, -0.1) is 6.58 Å². The fourth-order valence-corrected chi connectivity index (χ4v) is 1.02. The number of hydrogen-bond donors (Lipinski definition) is 3. The van der Waals surface area contributed by atoms with E-state index < -0.39 is 30.8 Å². The van der Waals surface area contributed by atoms with Crippen molar-refractivity contribution in [3.8, 4) is 0 Å². The second-order valence-electron chi connectivity index (χ2n) is 3.48. The van der Waals surface area contributed by atoms with Gasteiger partial charge in [-0.2, -0.15) is 13.2 Å². The Hall–Kier alpha value is -1.77. The van der Waals surface area contributed by atoms with Crippen LogP contribution in [0.15, 0.2) is 12.7 Å². The van der Waals surface area contributed by atoms with Gasteiger partial charge >= 0.3 is 18.2 Å². The van der Waals surface area contributed by atoms with E-state index in [0.717, 1.165) is 0 Å². The summed E-state index contributed by atoms with van der Waals surface area (Å²) in [6.45, 7) is 1.45. The molecular formula is C10H15F3N2O4. The molecule has 0 aromatic rings. The maximum Gasteiger partial charge on any atom is 0.411 e. The number of rotatable bonds is 8. The molecule has 0 saturated carbocycles. The SMILES string of the molecule is C=CCC(NC(=O)NCCOCC(F)(F)F)C(=O)O. The molecule has 110 valence electrons. The number of urea groups is 1. The summed E-state index contributed by atoms with van der Waals surface area (Å²) in [6, 6.07) is -1.93.